The molecule has 0 radical (unpaired) electrons. The summed E-state index contributed by atoms with van der Waals surface area (Å²) in [6, 6.07) is 21.1. The van der Waals surface area contributed by atoms with Crippen LogP contribution in [0.1, 0.15) is 46.7 Å². The van der Waals surface area contributed by atoms with E-state index in [2.05, 4.69) is 64.4 Å². The van der Waals surface area contributed by atoms with Gasteiger partial charge < -0.3 is 9.32 Å². The van der Waals surface area contributed by atoms with E-state index in [9.17, 15) is 4.79 Å². The second-order valence-electron chi connectivity index (χ2n) is 8.86. The number of furan rings is 1. The minimum absolute atomic E-state index is 0. The van der Waals surface area contributed by atoms with Crippen molar-refractivity contribution in [1.82, 2.24) is 9.80 Å². The molecule has 0 fully saturated rings. The number of aryl methyl sites for hydroxylation is 2. The van der Waals surface area contributed by atoms with Gasteiger partial charge in [0, 0.05) is 6.54 Å². The van der Waals surface area contributed by atoms with Gasteiger partial charge in [-0.25, -0.2) is 0 Å². The molecule has 5 heteroatoms. The van der Waals surface area contributed by atoms with Crippen LogP contribution in [0, 0.1) is 0 Å². The number of Topliss-reactive ketones (excluding diaryl/α,β-unsaturated/α-hetero) is 1. The highest BCUT2D eigenvalue weighted by Gasteiger charge is 2.30. The number of nitrogens with zero attached hydrogens (tertiary/aromatic N) is 2. The number of halogens is 1. The van der Waals surface area contributed by atoms with Crippen molar-refractivity contribution < 1.29 is 9.21 Å². The smallest absolute Gasteiger partial charge is 0.151 e. The van der Waals surface area contributed by atoms with Gasteiger partial charge in [-0.05, 0) is 68.6 Å². The topological polar surface area (TPSA) is 36.7 Å². The monoisotopic (exact) mass is 452 g/mol. The molecule has 0 N–H and O–H groups in total. The fourth-order valence-corrected chi connectivity index (χ4v) is 4.57. The van der Waals surface area contributed by atoms with Gasteiger partial charge in [0.05, 0.1) is 19.1 Å². The Labute approximate surface area is 197 Å². The molecule has 170 valence electrons. The lowest BCUT2D eigenvalue weighted by Gasteiger charge is -2.32. The van der Waals surface area contributed by atoms with Crippen molar-refractivity contribution in [2.24, 2.45) is 0 Å². The quantitative estimate of drug-likeness (QED) is 0.468. The molecule has 2 aromatic carbocycles. The average Bonchev–Trinajstić information content (AvgIpc) is 3.14. The van der Waals surface area contributed by atoms with E-state index in [0.29, 0.717) is 6.54 Å². The lowest BCUT2D eigenvalue weighted by molar-refractivity contribution is -0.122. The van der Waals surface area contributed by atoms with Gasteiger partial charge in [-0.15, -0.1) is 12.4 Å². The molecule has 3 aromatic rings. The predicted octanol–water partition coefficient (Wildman–Crippen LogP) is 5.24. The molecule has 0 spiro atoms. The first-order valence-electron chi connectivity index (χ1n) is 11.1. The van der Waals surface area contributed by atoms with E-state index in [1.165, 1.54) is 16.7 Å². The number of fused-ring (bicyclic) bond motifs is 1. The summed E-state index contributed by atoms with van der Waals surface area (Å²) < 4.78 is 6.13. The second-order valence-corrected chi connectivity index (χ2v) is 8.86. The zero-order chi connectivity index (χ0) is 21.8. The maximum Gasteiger partial charge on any atom is 0.151 e. The average molecular weight is 453 g/mol. The molecule has 0 aliphatic carbocycles. The van der Waals surface area contributed by atoms with Gasteiger partial charge in [0.1, 0.15) is 11.5 Å². The lowest BCUT2D eigenvalue weighted by Crippen LogP contribution is -2.37. The summed E-state index contributed by atoms with van der Waals surface area (Å²) in [5.74, 6) is 2.19. The van der Waals surface area contributed by atoms with E-state index in [4.69, 9.17) is 4.42 Å². The summed E-state index contributed by atoms with van der Waals surface area (Å²) in [5, 5.41) is 0. The minimum atomic E-state index is -0.229. The van der Waals surface area contributed by atoms with Crippen LogP contribution >= 0.6 is 12.4 Å². The maximum absolute atomic E-state index is 12.7. The highest BCUT2D eigenvalue weighted by atomic mass is 35.5. The van der Waals surface area contributed by atoms with Crippen LogP contribution in [0.15, 0.2) is 65.1 Å². The van der Waals surface area contributed by atoms with Crippen molar-refractivity contribution >= 4 is 18.2 Å². The zero-order valence-electron chi connectivity index (χ0n) is 19.2. The van der Waals surface area contributed by atoms with Crippen LogP contribution in [-0.2, 0) is 37.1 Å². The largest absolute Gasteiger partial charge is 0.463 e. The fourth-order valence-electron chi connectivity index (χ4n) is 4.57. The highest BCUT2D eigenvalue weighted by molar-refractivity contribution is 5.85. The Balaban J connectivity index is 0.00000289. The molecule has 1 aliphatic heterocycles. The molecule has 32 heavy (non-hydrogen) atoms. The van der Waals surface area contributed by atoms with Crippen LogP contribution in [0.2, 0.25) is 0 Å². The Hall–Kier alpha value is -2.40. The van der Waals surface area contributed by atoms with Crippen molar-refractivity contribution in [2.75, 3.05) is 20.6 Å². The minimum Gasteiger partial charge on any atom is -0.463 e. The van der Waals surface area contributed by atoms with Gasteiger partial charge in [0.2, 0.25) is 0 Å². The Morgan fingerprint density at radius 1 is 1.03 bits per heavy atom. The SMILES string of the molecule is CC(=O)C(c1cccc(CCc2ccccc2)c1)N1CCc2cc(CN(C)C)oc2C1.Cl. The molecule has 0 saturated heterocycles. The number of carbonyl (C=O) groups is 1. The van der Waals surface area contributed by atoms with Crippen LogP contribution in [0.5, 0.6) is 0 Å². The Morgan fingerprint density at radius 2 is 1.75 bits per heavy atom. The first-order valence-corrected chi connectivity index (χ1v) is 11.1. The van der Waals surface area contributed by atoms with Crippen molar-refractivity contribution in [3.63, 3.8) is 0 Å². The molecule has 1 aliphatic rings. The van der Waals surface area contributed by atoms with E-state index in [-0.39, 0.29) is 24.2 Å². The zero-order valence-corrected chi connectivity index (χ0v) is 20.0. The number of rotatable bonds is 8. The number of hydrogen-bond acceptors (Lipinski definition) is 4. The molecule has 0 bridgehead atoms. The molecule has 1 aromatic heterocycles. The fraction of sp³-hybridized carbons (Fsp3) is 0.370. The Bertz CT molecular complexity index is 1030. The standard InChI is InChI=1S/C27H32N2O2.ClH/c1-20(30)27(29-15-14-23-17-25(18-28(2)3)31-26(23)19-29)24-11-7-10-22(16-24)13-12-21-8-5-4-6-9-21;/h4-11,16-17,27H,12-15,18-19H2,1-3H3;1H. The maximum atomic E-state index is 12.7. The van der Waals surface area contributed by atoms with Gasteiger partial charge >= 0.3 is 0 Å². The molecule has 4 rings (SSSR count). The second kappa shape index (κ2) is 11.0. The summed E-state index contributed by atoms with van der Waals surface area (Å²) in [6.45, 7) is 4.05. The molecule has 1 unspecified atom stereocenters. The van der Waals surface area contributed by atoms with Crippen molar-refractivity contribution in [3.05, 3.63) is 94.4 Å². The van der Waals surface area contributed by atoms with Crippen LogP contribution in [0.4, 0.5) is 0 Å². The predicted molar refractivity (Wildman–Crippen MR) is 131 cm³/mol. The summed E-state index contributed by atoms with van der Waals surface area (Å²) in [5.41, 5.74) is 4.98. The number of ketones is 1. The van der Waals surface area contributed by atoms with Crippen LogP contribution in [0.25, 0.3) is 0 Å². The highest BCUT2D eigenvalue weighted by Crippen LogP contribution is 2.31. The number of hydrogen-bond donors (Lipinski definition) is 0. The van der Waals surface area contributed by atoms with Crippen LogP contribution in [0.3, 0.4) is 0 Å². The van der Waals surface area contributed by atoms with Gasteiger partial charge in [0.15, 0.2) is 5.78 Å². The van der Waals surface area contributed by atoms with Crippen molar-refractivity contribution in [2.45, 2.75) is 45.3 Å². The van der Waals surface area contributed by atoms with Crippen LogP contribution < -0.4 is 0 Å². The Kier molecular flexibility index (Phi) is 8.30. The molecular weight excluding hydrogens is 420 g/mol. The molecule has 0 amide bonds. The van der Waals surface area contributed by atoms with Crippen molar-refractivity contribution in [1.29, 1.82) is 0 Å². The first-order chi connectivity index (χ1) is 15.0. The Morgan fingerprint density at radius 3 is 2.47 bits per heavy atom. The summed E-state index contributed by atoms with van der Waals surface area (Å²) in [6.07, 6.45) is 2.89. The molecule has 4 nitrogen and oxygen atoms in total. The van der Waals surface area contributed by atoms with Crippen molar-refractivity contribution in [3.8, 4) is 0 Å². The molecule has 1 atom stereocenters. The number of benzene rings is 2. The summed E-state index contributed by atoms with van der Waals surface area (Å²) in [4.78, 5) is 17.1. The third-order valence-electron chi connectivity index (χ3n) is 6.00. The van der Waals surface area contributed by atoms with E-state index in [1.54, 1.807) is 6.92 Å². The van der Waals surface area contributed by atoms with E-state index in [0.717, 1.165) is 49.4 Å². The van der Waals surface area contributed by atoms with E-state index in [1.807, 2.05) is 20.2 Å². The number of carbonyl (C=O) groups excluding carboxylic acids is 1. The van der Waals surface area contributed by atoms with Gasteiger partial charge in [-0.3, -0.25) is 9.69 Å². The third-order valence-corrected chi connectivity index (χ3v) is 6.00. The van der Waals surface area contributed by atoms with Crippen LogP contribution in [-0.4, -0.2) is 36.2 Å². The molecular formula is C27H33ClN2O2. The van der Waals surface area contributed by atoms with E-state index >= 15 is 0 Å². The third kappa shape index (κ3) is 5.89. The summed E-state index contributed by atoms with van der Waals surface area (Å²) in [7, 11) is 4.09. The first kappa shape index (κ1) is 24.2. The summed E-state index contributed by atoms with van der Waals surface area (Å²) >= 11 is 0. The molecule has 2 heterocycles. The van der Waals surface area contributed by atoms with Gasteiger partial charge in [0.25, 0.3) is 0 Å². The molecule has 0 saturated carbocycles. The van der Waals surface area contributed by atoms with Gasteiger partial charge in [-0.2, -0.15) is 0 Å². The normalized spacial score (nSPS) is 14.6. The van der Waals surface area contributed by atoms with E-state index < -0.39 is 0 Å². The van der Waals surface area contributed by atoms with Gasteiger partial charge in [-0.1, -0.05) is 54.6 Å². The lowest BCUT2D eigenvalue weighted by atomic mass is 9.95.